The van der Waals surface area contributed by atoms with Crippen LogP contribution in [0.1, 0.15) is 11.3 Å². The molecule has 7 nitrogen and oxygen atoms in total. The highest BCUT2D eigenvalue weighted by atomic mass is 15.3. The summed E-state index contributed by atoms with van der Waals surface area (Å²) in [4.78, 5) is 12.9. The van der Waals surface area contributed by atoms with Gasteiger partial charge in [0.25, 0.3) is 0 Å². The lowest BCUT2D eigenvalue weighted by atomic mass is 10.2. The van der Waals surface area contributed by atoms with Crippen molar-refractivity contribution in [1.82, 2.24) is 24.6 Å². The molecule has 7 heteroatoms. The SMILES string of the molecule is Cc1nc2cc(-c3cnccn3)nn2c(NCCN)c1C. The van der Waals surface area contributed by atoms with Gasteiger partial charge in [0.05, 0.1) is 6.20 Å². The number of hydrogen-bond donors (Lipinski definition) is 2. The number of aryl methyl sites for hydroxylation is 1. The number of aromatic nitrogens is 5. The first-order chi connectivity index (χ1) is 10.2. The highest BCUT2D eigenvalue weighted by Gasteiger charge is 2.13. The zero-order valence-corrected chi connectivity index (χ0v) is 12.0. The van der Waals surface area contributed by atoms with Crippen molar-refractivity contribution in [2.24, 2.45) is 5.73 Å². The van der Waals surface area contributed by atoms with E-state index in [0.717, 1.165) is 34.1 Å². The van der Waals surface area contributed by atoms with Crippen LogP contribution in [0, 0.1) is 13.8 Å². The van der Waals surface area contributed by atoms with Gasteiger partial charge in [-0.05, 0) is 13.8 Å². The lowest BCUT2D eigenvalue weighted by Crippen LogP contribution is -2.17. The molecule has 3 N–H and O–H groups in total. The molecule has 0 unspecified atom stereocenters. The standard InChI is InChI=1S/C14H17N7/c1-9-10(2)19-13-7-11(12-8-16-5-6-17-12)20-21(13)14(9)18-4-3-15/h5-8,18H,3-4,15H2,1-2H3. The van der Waals surface area contributed by atoms with E-state index in [0.29, 0.717) is 13.1 Å². The molecule has 21 heavy (non-hydrogen) atoms. The molecule has 0 spiro atoms. The average Bonchev–Trinajstić information content (AvgIpc) is 2.92. The summed E-state index contributed by atoms with van der Waals surface area (Å²) >= 11 is 0. The average molecular weight is 283 g/mol. The molecule has 0 aliphatic rings. The highest BCUT2D eigenvalue weighted by molar-refractivity contribution is 5.63. The van der Waals surface area contributed by atoms with E-state index < -0.39 is 0 Å². The van der Waals surface area contributed by atoms with Gasteiger partial charge in [-0.25, -0.2) is 4.98 Å². The quantitative estimate of drug-likeness (QED) is 0.746. The van der Waals surface area contributed by atoms with Crippen molar-refractivity contribution in [1.29, 1.82) is 0 Å². The maximum Gasteiger partial charge on any atom is 0.158 e. The van der Waals surface area contributed by atoms with Gasteiger partial charge in [0.15, 0.2) is 5.65 Å². The molecule has 0 aliphatic heterocycles. The summed E-state index contributed by atoms with van der Waals surface area (Å²) in [5.74, 6) is 0.915. The first-order valence-electron chi connectivity index (χ1n) is 6.78. The number of anilines is 1. The minimum absolute atomic E-state index is 0.556. The van der Waals surface area contributed by atoms with Gasteiger partial charge in [0, 0.05) is 42.8 Å². The Morgan fingerprint density at radius 3 is 2.81 bits per heavy atom. The molecular formula is C14H17N7. The van der Waals surface area contributed by atoms with Crippen molar-refractivity contribution < 1.29 is 0 Å². The van der Waals surface area contributed by atoms with Crippen molar-refractivity contribution in [3.63, 3.8) is 0 Å². The summed E-state index contributed by atoms with van der Waals surface area (Å²) in [7, 11) is 0. The van der Waals surface area contributed by atoms with E-state index in [1.807, 2.05) is 19.9 Å². The highest BCUT2D eigenvalue weighted by Crippen LogP contribution is 2.22. The lowest BCUT2D eigenvalue weighted by molar-refractivity contribution is 0.897. The molecular weight excluding hydrogens is 266 g/mol. The molecule has 0 saturated heterocycles. The van der Waals surface area contributed by atoms with Crippen molar-refractivity contribution >= 4 is 11.5 Å². The van der Waals surface area contributed by atoms with Gasteiger partial charge >= 0.3 is 0 Å². The van der Waals surface area contributed by atoms with Crippen molar-refractivity contribution in [3.8, 4) is 11.4 Å². The molecule has 0 radical (unpaired) electrons. The van der Waals surface area contributed by atoms with Gasteiger partial charge in [-0.15, -0.1) is 0 Å². The Hall–Kier alpha value is -2.54. The number of nitrogens with zero attached hydrogens (tertiary/aromatic N) is 5. The van der Waals surface area contributed by atoms with E-state index in [1.54, 1.807) is 23.1 Å². The third-order valence-corrected chi connectivity index (χ3v) is 3.34. The van der Waals surface area contributed by atoms with Crippen LogP contribution in [0.5, 0.6) is 0 Å². The predicted molar refractivity (Wildman–Crippen MR) is 81.0 cm³/mol. The third kappa shape index (κ3) is 2.43. The number of fused-ring (bicyclic) bond motifs is 1. The topological polar surface area (TPSA) is 94.0 Å². The van der Waals surface area contributed by atoms with Crippen molar-refractivity contribution in [3.05, 3.63) is 35.9 Å². The summed E-state index contributed by atoms with van der Waals surface area (Å²) in [6, 6.07) is 1.91. The molecule has 0 aromatic carbocycles. The molecule has 0 atom stereocenters. The summed E-state index contributed by atoms with van der Waals surface area (Å²) in [5, 5.41) is 7.90. The Bertz CT molecular complexity index is 764. The fourth-order valence-corrected chi connectivity index (χ4v) is 2.16. The minimum atomic E-state index is 0.556. The van der Waals surface area contributed by atoms with Crippen LogP contribution in [-0.4, -0.2) is 37.7 Å². The first kappa shape index (κ1) is 13.4. The van der Waals surface area contributed by atoms with Gasteiger partial charge < -0.3 is 11.1 Å². The first-order valence-corrected chi connectivity index (χ1v) is 6.78. The molecule has 0 amide bonds. The Balaban J connectivity index is 2.16. The van der Waals surface area contributed by atoms with Crippen LogP contribution in [0.3, 0.4) is 0 Å². The maximum atomic E-state index is 5.58. The summed E-state index contributed by atoms with van der Waals surface area (Å²) < 4.78 is 1.79. The minimum Gasteiger partial charge on any atom is -0.368 e. The van der Waals surface area contributed by atoms with Crippen LogP contribution in [0.2, 0.25) is 0 Å². The molecule has 0 bridgehead atoms. The van der Waals surface area contributed by atoms with E-state index in [2.05, 4.69) is 25.4 Å². The lowest BCUT2D eigenvalue weighted by Gasteiger charge is -2.12. The van der Waals surface area contributed by atoms with Gasteiger partial charge in [0.1, 0.15) is 17.2 Å². The van der Waals surface area contributed by atoms with E-state index >= 15 is 0 Å². The molecule has 3 aromatic heterocycles. The molecule has 0 fully saturated rings. The van der Waals surface area contributed by atoms with Crippen LogP contribution in [-0.2, 0) is 0 Å². The van der Waals surface area contributed by atoms with E-state index in [-0.39, 0.29) is 0 Å². The zero-order valence-electron chi connectivity index (χ0n) is 12.0. The fraction of sp³-hybridized carbons (Fsp3) is 0.286. The fourth-order valence-electron chi connectivity index (χ4n) is 2.16. The number of rotatable bonds is 4. The van der Waals surface area contributed by atoms with Gasteiger partial charge in [0.2, 0.25) is 0 Å². The van der Waals surface area contributed by atoms with Crippen LogP contribution in [0.25, 0.3) is 17.0 Å². The molecule has 3 rings (SSSR count). The summed E-state index contributed by atoms with van der Waals surface area (Å²) in [5.41, 5.74) is 9.85. The second-order valence-electron chi connectivity index (χ2n) is 4.78. The Kier molecular flexibility index (Phi) is 3.49. The zero-order chi connectivity index (χ0) is 14.8. The molecule has 0 saturated carbocycles. The largest absolute Gasteiger partial charge is 0.368 e. The second kappa shape index (κ2) is 5.45. The van der Waals surface area contributed by atoms with Crippen LogP contribution < -0.4 is 11.1 Å². The van der Waals surface area contributed by atoms with Crippen LogP contribution >= 0.6 is 0 Å². The smallest absolute Gasteiger partial charge is 0.158 e. The normalized spacial score (nSPS) is 11.0. The third-order valence-electron chi connectivity index (χ3n) is 3.34. The Morgan fingerprint density at radius 2 is 2.10 bits per heavy atom. The number of hydrogen-bond acceptors (Lipinski definition) is 6. The van der Waals surface area contributed by atoms with Gasteiger partial charge in [-0.2, -0.15) is 9.61 Å². The molecule has 0 aliphatic carbocycles. The Labute approximate surface area is 122 Å². The van der Waals surface area contributed by atoms with Crippen molar-refractivity contribution in [2.75, 3.05) is 18.4 Å². The van der Waals surface area contributed by atoms with E-state index in [1.165, 1.54) is 0 Å². The maximum absolute atomic E-state index is 5.58. The van der Waals surface area contributed by atoms with Crippen molar-refractivity contribution in [2.45, 2.75) is 13.8 Å². The van der Waals surface area contributed by atoms with Crippen LogP contribution in [0.15, 0.2) is 24.7 Å². The van der Waals surface area contributed by atoms with Gasteiger partial charge in [-0.1, -0.05) is 0 Å². The molecule has 108 valence electrons. The summed E-state index contributed by atoms with van der Waals surface area (Å²) in [6.07, 6.45) is 4.98. The summed E-state index contributed by atoms with van der Waals surface area (Å²) in [6.45, 7) is 5.24. The number of nitrogens with two attached hydrogens (primary N) is 1. The monoisotopic (exact) mass is 283 g/mol. The molecule has 3 aromatic rings. The van der Waals surface area contributed by atoms with Gasteiger partial charge in [-0.3, -0.25) is 9.97 Å². The van der Waals surface area contributed by atoms with Crippen LogP contribution in [0.4, 0.5) is 5.82 Å². The number of nitrogens with one attached hydrogen (secondary N) is 1. The predicted octanol–water partition coefficient (Wildman–Crippen LogP) is 1.17. The molecule has 3 heterocycles. The van der Waals surface area contributed by atoms with E-state index in [9.17, 15) is 0 Å². The second-order valence-corrected chi connectivity index (χ2v) is 4.78. The Morgan fingerprint density at radius 1 is 1.24 bits per heavy atom. The van der Waals surface area contributed by atoms with E-state index in [4.69, 9.17) is 5.73 Å².